The van der Waals surface area contributed by atoms with Crippen molar-refractivity contribution in [3.05, 3.63) is 108 Å². The van der Waals surface area contributed by atoms with Crippen molar-refractivity contribution < 1.29 is 19.4 Å². The molecule has 46 heavy (non-hydrogen) atoms. The standard InChI is InChI=1S/C35H35ClN4O6/c1-19-23(25-9-6-10-27(31(25)36)37-32(42)26-17-39(2)35(44)40(3)34(26)43)7-5-8-24(19)28-16-22-12-11-21(30(22)33(38-28)45-4)15-20-13-14-46-18-29(20)41/h5-10,16-17,21,41H,11-15,18H2,1-4H3,(H,37,42)/t21-/m0/s1. The number of fused-ring (bicyclic) bond motifs is 1. The number of nitrogens with one attached hydrogen (secondary N) is 1. The van der Waals surface area contributed by atoms with Crippen LogP contribution in [0.5, 0.6) is 5.88 Å². The molecule has 11 heteroatoms. The van der Waals surface area contributed by atoms with Crippen molar-refractivity contribution in [2.24, 2.45) is 14.1 Å². The lowest BCUT2D eigenvalue weighted by Gasteiger charge is -2.21. The van der Waals surface area contributed by atoms with Crippen molar-refractivity contribution in [1.29, 1.82) is 0 Å². The van der Waals surface area contributed by atoms with E-state index in [2.05, 4.69) is 11.4 Å². The number of halogens is 1. The highest BCUT2D eigenvalue weighted by molar-refractivity contribution is 6.36. The third kappa shape index (κ3) is 5.63. The van der Waals surface area contributed by atoms with Gasteiger partial charge in [0.15, 0.2) is 0 Å². The number of amides is 1. The first kappa shape index (κ1) is 31.3. The fraction of sp³-hybridized carbons (Fsp3) is 0.314. The quantitative estimate of drug-likeness (QED) is 0.265. The van der Waals surface area contributed by atoms with E-state index < -0.39 is 17.2 Å². The summed E-state index contributed by atoms with van der Waals surface area (Å²) in [6, 6.07) is 13.4. The Labute approximate surface area is 270 Å². The largest absolute Gasteiger partial charge is 0.510 e. The average Bonchev–Trinajstić information content (AvgIpc) is 3.46. The molecular formula is C35H35ClN4O6. The van der Waals surface area contributed by atoms with Crippen molar-refractivity contribution in [3.63, 3.8) is 0 Å². The number of aromatic nitrogens is 3. The number of carbonyl (C=O) groups is 1. The molecule has 2 aromatic heterocycles. The van der Waals surface area contributed by atoms with Gasteiger partial charge in [-0.25, -0.2) is 9.78 Å². The number of carbonyl (C=O) groups excluding carboxylic acids is 1. The molecule has 3 heterocycles. The van der Waals surface area contributed by atoms with E-state index in [0.717, 1.165) is 63.8 Å². The highest BCUT2D eigenvalue weighted by Crippen LogP contribution is 2.45. The zero-order valence-electron chi connectivity index (χ0n) is 26.1. The van der Waals surface area contributed by atoms with Crippen LogP contribution in [0.25, 0.3) is 22.4 Å². The van der Waals surface area contributed by atoms with E-state index in [1.807, 2.05) is 31.2 Å². The Morgan fingerprint density at radius 1 is 1.13 bits per heavy atom. The van der Waals surface area contributed by atoms with Crippen LogP contribution in [0.1, 0.15) is 52.2 Å². The maximum atomic E-state index is 13.1. The summed E-state index contributed by atoms with van der Waals surface area (Å²) in [6.45, 7) is 2.90. The van der Waals surface area contributed by atoms with Crippen LogP contribution in [0.2, 0.25) is 5.02 Å². The smallest absolute Gasteiger partial charge is 0.330 e. The third-order valence-corrected chi connectivity index (χ3v) is 9.41. The molecule has 4 aromatic rings. The zero-order chi connectivity index (χ0) is 32.7. The van der Waals surface area contributed by atoms with E-state index in [0.29, 0.717) is 34.5 Å². The van der Waals surface area contributed by atoms with Crippen LogP contribution in [0, 0.1) is 6.92 Å². The van der Waals surface area contributed by atoms with Crippen molar-refractivity contribution in [2.45, 2.75) is 38.5 Å². The lowest BCUT2D eigenvalue weighted by molar-refractivity contribution is 0.102. The lowest BCUT2D eigenvalue weighted by atomic mass is 9.90. The molecule has 0 radical (unpaired) electrons. The molecule has 1 atom stereocenters. The normalized spacial score (nSPS) is 16.0. The second-order valence-electron chi connectivity index (χ2n) is 11.8. The summed E-state index contributed by atoms with van der Waals surface area (Å²) in [4.78, 5) is 42.8. The molecule has 1 amide bonds. The van der Waals surface area contributed by atoms with Gasteiger partial charge in [0, 0.05) is 37.0 Å². The van der Waals surface area contributed by atoms with E-state index in [9.17, 15) is 19.5 Å². The van der Waals surface area contributed by atoms with E-state index in [1.54, 1.807) is 19.2 Å². The fourth-order valence-electron chi connectivity index (χ4n) is 6.52. The molecule has 0 saturated carbocycles. The second kappa shape index (κ2) is 12.6. The maximum absolute atomic E-state index is 13.1. The summed E-state index contributed by atoms with van der Waals surface area (Å²) >= 11 is 6.89. The first-order valence-corrected chi connectivity index (χ1v) is 15.5. The molecular weight excluding hydrogens is 608 g/mol. The van der Waals surface area contributed by atoms with Crippen LogP contribution in [0.4, 0.5) is 5.69 Å². The highest BCUT2D eigenvalue weighted by Gasteiger charge is 2.30. The molecule has 2 aromatic carbocycles. The molecule has 10 nitrogen and oxygen atoms in total. The van der Waals surface area contributed by atoms with Crippen LogP contribution >= 0.6 is 11.6 Å². The Morgan fingerprint density at radius 3 is 2.63 bits per heavy atom. The number of rotatable bonds is 7. The number of hydrogen-bond acceptors (Lipinski definition) is 7. The molecule has 0 fully saturated rings. The van der Waals surface area contributed by atoms with Crippen LogP contribution < -0.4 is 21.3 Å². The van der Waals surface area contributed by atoms with Crippen molar-refractivity contribution in [3.8, 4) is 28.3 Å². The predicted octanol–water partition coefficient (Wildman–Crippen LogP) is 5.69. The Balaban J connectivity index is 1.33. The molecule has 0 unspecified atom stereocenters. The van der Waals surface area contributed by atoms with Crippen LogP contribution in [-0.4, -0.2) is 45.5 Å². The summed E-state index contributed by atoms with van der Waals surface area (Å²) in [5, 5.41) is 13.4. The average molecular weight is 643 g/mol. The number of pyridine rings is 1. The summed E-state index contributed by atoms with van der Waals surface area (Å²) in [6.07, 6.45) is 4.55. The van der Waals surface area contributed by atoms with Gasteiger partial charge < -0.3 is 24.5 Å². The Kier molecular flexibility index (Phi) is 8.59. The van der Waals surface area contributed by atoms with Crippen LogP contribution in [0.3, 0.4) is 0 Å². The van der Waals surface area contributed by atoms with E-state index in [1.165, 1.54) is 30.4 Å². The number of aryl methyl sites for hydroxylation is 2. The van der Waals surface area contributed by atoms with Crippen LogP contribution in [-0.2, 0) is 25.3 Å². The Bertz CT molecular complexity index is 2030. The van der Waals surface area contributed by atoms with Gasteiger partial charge in [-0.15, -0.1) is 0 Å². The molecule has 6 rings (SSSR count). The van der Waals surface area contributed by atoms with Gasteiger partial charge in [0.25, 0.3) is 11.5 Å². The molecule has 238 valence electrons. The SMILES string of the molecule is COc1nc(-c2cccc(-c3cccc(NC(=O)c4cn(C)c(=O)n(C)c4=O)c3Cl)c2C)cc2c1[C@H](CC1=C(O)COCC1)CC2. The Morgan fingerprint density at radius 2 is 1.87 bits per heavy atom. The lowest BCUT2D eigenvalue weighted by Crippen LogP contribution is -2.40. The summed E-state index contributed by atoms with van der Waals surface area (Å²) in [5.74, 6) is 0.483. The molecule has 2 N–H and O–H groups in total. The fourth-order valence-corrected chi connectivity index (χ4v) is 6.80. The number of hydrogen-bond donors (Lipinski definition) is 2. The number of anilines is 1. The number of aliphatic hydroxyl groups is 1. The van der Waals surface area contributed by atoms with Gasteiger partial charge in [-0.1, -0.05) is 41.9 Å². The minimum atomic E-state index is -0.696. The highest BCUT2D eigenvalue weighted by atomic mass is 35.5. The first-order valence-electron chi connectivity index (χ1n) is 15.1. The van der Waals surface area contributed by atoms with E-state index in [4.69, 9.17) is 26.1 Å². The van der Waals surface area contributed by atoms with Crippen molar-refractivity contribution >= 4 is 23.2 Å². The third-order valence-electron chi connectivity index (χ3n) is 9.00. The number of aliphatic hydroxyl groups excluding tert-OH is 1. The minimum Gasteiger partial charge on any atom is -0.510 e. The molecule has 1 aliphatic heterocycles. The summed E-state index contributed by atoms with van der Waals surface area (Å²) < 4.78 is 13.3. The molecule has 0 bridgehead atoms. The van der Waals surface area contributed by atoms with Gasteiger partial charge in [0.2, 0.25) is 5.88 Å². The predicted molar refractivity (Wildman–Crippen MR) is 177 cm³/mol. The van der Waals surface area contributed by atoms with Gasteiger partial charge >= 0.3 is 5.69 Å². The number of ether oxygens (including phenoxy) is 2. The van der Waals surface area contributed by atoms with Crippen molar-refractivity contribution in [1.82, 2.24) is 14.1 Å². The zero-order valence-corrected chi connectivity index (χ0v) is 26.9. The van der Waals surface area contributed by atoms with Gasteiger partial charge in [-0.05, 0) is 72.9 Å². The summed E-state index contributed by atoms with van der Waals surface area (Å²) in [5.41, 5.74) is 6.49. The van der Waals surface area contributed by atoms with Gasteiger partial charge in [-0.2, -0.15) is 0 Å². The Hall–Kier alpha value is -4.67. The number of nitrogens with zero attached hydrogens (tertiary/aromatic N) is 3. The molecule has 2 aliphatic rings. The minimum absolute atomic E-state index is 0.176. The molecule has 0 spiro atoms. The van der Waals surface area contributed by atoms with Crippen LogP contribution in [0.15, 0.2) is 69.6 Å². The van der Waals surface area contributed by atoms with E-state index >= 15 is 0 Å². The second-order valence-corrected chi connectivity index (χ2v) is 12.2. The number of benzene rings is 2. The topological polar surface area (TPSA) is 125 Å². The van der Waals surface area contributed by atoms with Crippen molar-refractivity contribution in [2.75, 3.05) is 25.6 Å². The first-order chi connectivity index (χ1) is 22.1. The maximum Gasteiger partial charge on any atom is 0.330 e. The van der Waals surface area contributed by atoms with Gasteiger partial charge in [0.05, 0.1) is 30.1 Å². The molecule has 1 aliphatic carbocycles. The monoisotopic (exact) mass is 642 g/mol. The van der Waals surface area contributed by atoms with Gasteiger partial charge in [0.1, 0.15) is 17.9 Å². The number of methoxy groups -OCH3 is 1. The van der Waals surface area contributed by atoms with Gasteiger partial charge in [-0.3, -0.25) is 14.2 Å². The van der Waals surface area contributed by atoms with E-state index in [-0.39, 0.29) is 18.1 Å². The summed E-state index contributed by atoms with van der Waals surface area (Å²) in [7, 11) is 4.44. The molecule has 0 saturated heterocycles.